The van der Waals surface area contributed by atoms with E-state index in [4.69, 9.17) is 5.73 Å². The summed E-state index contributed by atoms with van der Waals surface area (Å²) < 4.78 is 0. The molecule has 1 heterocycles. The summed E-state index contributed by atoms with van der Waals surface area (Å²) in [5.41, 5.74) is 6.15. The van der Waals surface area contributed by atoms with Crippen LogP contribution >= 0.6 is 0 Å². The van der Waals surface area contributed by atoms with Crippen molar-refractivity contribution >= 4 is 23.7 Å². The Balaban J connectivity index is 2.01. The topological polar surface area (TPSA) is 183 Å². The molecule has 8 N–H and O–H groups in total. The number of hydrogen-bond acceptors (Lipinski definition) is 7. The number of carbonyl (C=O) groups excluding carboxylic acids is 3. The van der Waals surface area contributed by atoms with Gasteiger partial charge in [0.2, 0.25) is 17.7 Å². The molecule has 0 saturated carbocycles. The average molecular weight is 478 g/mol. The number of nitrogens with one attached hydrogen (secondary N) is 4. The number of aromatic hydroxyl groups is 1. The number of phenolic OH excluding ortho intramolecular Hbond substituents is 1. The molecule has 3 amide bonds. The van der Waals surface area contributed by atoms with Gasteiger partial charge in [-0.05, 0) is 69.8 Å². The molecule has 1 fully saturated rings. The first kappa shape index (κ1) is 27.1. The van der Waals surface area contributed by atoms with Gasteiger partial charge in [-0.15, -0.1) is 0 Å². The number of benzene rings is 1. The lowest BCUT2D eigenvalue weighted by atomic mass is 10.0. The van der Waals surface area contributed by atoms with Crippen LogP contribution in [0.15, 0.2) is 24.3 Å². The molecule has 1 aromatic carbocycles. The van der Waals surface area contributed by atoms with E-state index >= 15 is 0 Å². The summed E-state index contributed by atoms with van der Waals surface area (Å²) in [6.07, 6.45) is 3.04. The van der Waals surface area contributed by atoms with Gasteiger partial charge < -0.3 is 37.2 Å². The lowest BCUT2D eigenvalue weighted by molar-refractivity contribution is -0.142. The molecule has 0 spiro atoms. The van der Waals surface area contributed by atoms with Crippen LogP contribution in [0.4, 0.5) is 0 Å². The van der Waals surface area contributed by atoms with E-state index in [0.29, 0.717) is 31.4 Å². The van der Waals surface area contributed by atoms with Crippen molar-refractivity contribution in [2.45, 2.75) is 69.6 Å². The quantitative estimate of drug-likeness (QED) is 0.183. The highest BCUT2D eigenvalue weighted by atomic mass is 16.4. The van der Waals surface area contributed by atoms with Crippen molar-refractivity contribution in [3.8, 4) is 5.75 Å². The highest BCUT2D eigenvalue weighted by molar-refractivity contribution is 5.94. The summed E-state index contributed by atoms with van der Waals surface area (Å²) in [5.74, 6) is -2.62. The van der Waals surface area contributed by atoms with Crippen LogP contribution in [0, 0.1) is 0 Å². The van der Waals surface area contributed by atoms with Gasteiger partial charge in [0.15, 0.2) is 0 Å². The van der Waals surface area contributed by atoms with Crippen LogP contribution in [0.25, 0.3) is 0 Å². The second-order valence-electron chi connectivity index (χ2n) is 8.49. The van der Waals surface area contributed by atoms with Crippen LogP contribution in [0.3, 0.4) is 0 Å². The van der Waals surface area contributed by atoms with E-state index in [1.807, 2.05) is 0 Å². The Morgan fingerprint density at radius 1 is 1.06 bits per heavy atom. The number of phenols is 1. The zero-order valence-electron chi connectivity index (χ0n) is 19.4. The second kappa shape index (κ2) is 13.5. The number of carboxylic acids is 1. The molecule has 0 radical (unpaired) electrons. The SMILES string of the molecule is CC(NC(=O)C1CCCN1)C(=O)NC(CCCCN)C(=O)NC(Cc1ccc(O)cc1)C(=O)O. The smallest absolute Gasteiger partial charge is 0.326 e. The fraction of sp³-hybridized carbons (Fsp3) is 0.565. The van der Waals surface area contributed by atoms with Crippen LogP contribution in [-0.2, 0) is 25.6 Å². The number of hydrogen-bond donors (Lipinski definition) is 7. The Morgan fingerprint density at radius 3 is 2.32 bits per heavy atom. The zero-order valence-corrected chi connectivity index (χ0v) is 19.4. The van der Waals surface area contributed by atoms with E-state index in [-0.39, 0.29) is 30.5 Å². The predicted molar refractivity (Wildman–Crippen MR) is 125 cm³/mol. The summed E-state index contributed by atoms with van der Waals surface area (Å²) in [4.78, 5) is 49.6. The highest BCUT2D eigenvalue weighted by Crippen LogP contribution is 2.12. The van der Waals surface area contributed by atoms with E-state index < -0.39 is 35.9 Å². The number of rotatable bonds is 13. The number of unbranched alkanes of at least 4 members (excludes halogenated alkanes) is 1. The largest absolute Gasteiger partial charge is 0.508 e. The minimum absolute atomic E-state index is 0.00562. The van der Waals surface area contributed by atoms with Crippen molar-refractivity contribution in [1.82, 2.24) is 21.3 Å². The van der Waals surface area contributed by atoms with Gasteiger partial charge in [0.25, 0.3) is 0 Å². The minimum Gasteiger partial charge on any atom is -0.508 e. The Bertz CT molecular complexity index is 841. The molecule has 1 aromatic rings. The van der Waals surface area contributed by atoms with E-state index in [1.165, 1.54) is 19.1 Å². The summed E-state index contributed by atoms with van der Waals surface area (Å²) in [7, 11) is 0. The maximum atomic E-state index is 12.9. The molecule has 188 valence electrons. The standard InChI is InChI=1S/C23H35N5O6/c1-14(26-21(31)17-6-4-12-25-17)20(30)27-18(5-2-3-11-24)22(32)28-19(23(33)34)13-15-7-9-16(29)10-8-15/h7-10,14,17-19,25,29H,2-6,11-13,24H2,1H3,(H,26,31)(H,27,30)(H,28,32)(H,33,34). The number of aliphatic carboxylic acids is 1. The molecule has 11 heteroatoms. The fourth-order valence-corrected chi connectivity index (χ4v) is 3.69. The Morgan fingerprint density at radius 2 is 1.74 bits per heavy atom. The Hall–Kier alpha value is -3.18. The van der Waals surface area contributed by atoms with Gasteiger partial charge in [0, 0.05) is 6.42 Å². The third-order valence-electron chi connectivity index (χ3n) is 5.70. The molecular weight excluding hydrogens is 442 g/mol. The Labute approximate surface area is 198 Å². The fourth-order valence-electron chi connectivity index (χ4n) is 3.69. The summed E-state index contributed by atoms with van der Waals surface area (Å²) in [6, 6.07) is 2.59. The van der Waals surface area contributed by atoms with Gasteiger partial charge in [0.05, 0.1) is 6.04 Å². The van der Waals surface area contributed by atoms with Crippen molar-refractivity contribution in [3.05, 3.63) is 29.8 Å². The molecule has 1 aliphatic rings. The number of amides is 3. The number of carbonyl (C=O) groups is 4. The van der Waals surface area contributed by atoms with E-state index in [0.717, 1.165) is 13.0 Å². The van der Waals surface area contributed by atoms with Crippen molar-refractivity contribution in [3.63, 3.8) is 0 Å². The van der Waals surface area contributed by atoms with Crippen molar-refractivity contribution in [2.24, 2.45) is 5.73 Å². The number of nitrogens with two attached hydrogens (primary N) is 1. The predicted octanol–water partition coefficient (Wildman–Crippen LogP) is -0.625. The third kappa shape index (κ3) is 8.64. The van der Waals surface area contributed by atoms with Gasteiger partial charge in [-0.25, -0.2) is 4.79 Å². The minimum atomic E-state index is -1.23. The summed E-state index contributed by atoms with van der Waals surface area (Å²) >= 11 is 0. The summed E-state index contributed by atoms with van der Waals surface area (Å²) in [6.45, 7) is 2.70. The van der Waals surface area contributed by atoms with E-state index in [1.54, 1.807) is 12.1 Å². The van der Waals surface area contributed by atoms with Gasteiger partial charge in [-0.2, -0.15) is 0 Å². The molecule has 4 atom stereocenters. The van der Waals surface area contributed by atoms with E-state index in [2.05, 4.69) is 21.3 Å². The van der Waals surface area contributed by atoms with Gasteiger partial charge in [0.1, 0.15) is 23.9 Å². The maximum Gasteiger partial charge on any atom is 0.326 e. The van der Waals surface area contributed by atoms with Crippen molar-refractivity contribution in [2.75, 3.05) is 13.1 Å². The molecular formula is C23H35N5O6. The van der Waals surface area contributed by atoms with Gasteiger partial charge >= 0.3 is 5.97 Å². The number of carboxylic acid groups (broad SMARTS) is 1. The highest BCUT2D eigenvalue weighted by Gasteiger charge is 2.29. The molecule has 0 aliphatic carbocycles. The van der Waals surface area contributed by atoms with Crippen molar-refractivity contribution in [1.29, 1.82) is 0 Å². The van der Waals surface area contributed by atoms with E-state index in [9.17, 15) is 29.4 Å². The van der Waals surface area contributed by atoms with Gasteiger partial charge in [-0.3, -0.25) is 14.4 Å². The zero-order chi connectivity index (χ0) is 25.1. The first-order valence-electron chi connectivity index (χ1n) is 11.6. The van der Waals surface area contributed by atoms with Crippen LogP contribution in [0.5, 0.6) is 5.75 Å². The molecule has 11 nitrogen and oxygen atoms in total. The second-order valence-corrected chi connectivity index (χ2v) is 8.49. The molecule has 1 saturated heterocycles. The van der Waals surface area contributed by atoms with Crippen LogP contribution in [0.2, 0.25) is 0 Å². The lowest BCUT2D eigenvalue weighted by Crippen LogP contribution is -2.56. The van der Waals surface area contributed by atoms with Crippen LogP contribution in [-0.4, -0.2) is 71.2 Å². The Kier molecular flexibility index (Phi) is 10.8. The average Bonchev–Trinajstić information content (AvgIpc) is 3.34. The lowest BCUT2D eigenvalue weighted by Gasteiger charge is -2.24. The van der Waals surface area contributed by atoms with Crippen molar-refractivity contribution < 1.29 is 29.4 Å². The third-order valence-corrected chi connectivity index (χ3v) is 5.70. The maximum absolute atomic E-state index is 12.9. The monoisotopic (exact) mass is 477 g/mol. The normalized spacial score (nSPS) is 17.9. The molecule has 4 unspecified atom stereocenters. The molecule has 0 aromatic heterocycles. The first-order chi connectivity index (χ1) is 16.2. The van der Waals surface area contributed by atoms with Crippen LogP contribution in [0.1, 0.15) is 44.6 Å². The molecule has 2 rings (SSSR count). The molecule has 0 bridgehead atoms. The molecule has 34 heavy (non-hydrogen) atoms. The van der Waals surface area contributed by atoms with Crippen LogP contribution < -0.4 is 27.0 Å². The molecule has 1 aliphatic heterocycles. The first-order valence-corrected chi connectivity index (χ1v) is 11.6. The summed E-state index contributed by atoms with van der Waals surface area (Å²) in [5, 5.41) is 29.8. The van der Waals surface area contributed by atoms with Gasteiger partial charge in [-0.1, -0.05) is 12.1 Å².